The van der Waals surface area contributed by atoms with Gasteiger partial charge in [0.25, 0.3) is 0 Å². The van der Waals surface area contributed by atoms with Crippen LogP contribution in [0.4, 0.5) is 0 Å². The topological polar surface area (TPSA) is 42.2 Å². The van der Waals surface area contributed by atoms with Crippen molar-refractivity contribution in [3.8, 4) is 0 Å². The molecule has 0 bridgehead atoms. The molecule has 0 radical (unpaired) electrons. The van der Waals surface area contributed by atoms with Crippen molar-refractivity contribution >= 4 is 16.9 Å². The highest BCUT2D eigenvalue weighted by atomic mass is 16.4. The highest BCUT2D eigenvalue weighted by Crippen LogP contribution is 2.31. The maximum atomic E-state index is 11.4. The summed E-state index contributed by atoms with van der Waals surface area (Å²) in [5, 5.41) is 10.6. The molecule has 2 aromatic rings. The van der Waals surface area contributed by atoms with Gasteiger partial charge in [-0.05, 0) is 52.3 Å². The van der Waals surface area contributed by atoms with Crippen LogP contribution in [0.2, 0.25) is 0 Å². The third-order valence-corrected chi connectivity index (χ3v) is 3.90. The summed E-state index contributed by atoms with van der Waals surface area (Å²) in [4.78, 5) is 11.4. The van der Waals surface area contributed by atoms with Crippen molar-refractivity contribution < 1.29 is 9.90 Å². The van der Waals surface area contributed by atoms with Crippen molar-refractivity contribution in [1.82, 2.24) is 4.57 Å². The van der Waals surface area contributed by atoms with Crippen molar-refractivity contribution in [3.05, 3.63) is 35.5 Å². The molecule has 1 N–H and O–H groups in total. The van der Waals surface area contributed by atoms with Crippen molar-refractivity contribution in [2.24, 2.45) is 5.41 Å². The van der Waals surface area contributed by atoms with E-state index >= 15 is 0 Å². The van der Waals surface area contributed by atoms with Crippen LogP contribution in [-0.4, -0.2) is 15.6 Å². The minimum absolute atomic E-state index is 0.314. The summed E-state index contributed by atoms with van der Waals surface area (Å²) in [6, 6.07) is 8.73. The van der Waals surface area contributed by atoms with E-state index in [4.69, 9.17) is 0 Å². The molecule has 0 fully saturated rings. The molecular formula is C17H23NO2. The molecule has 0 amide bonds. The van der Waals surface area contributed by atoms with E-state index in [1.807, 2.05) is 0 Å². The number of nitrogens with zero attached hydrogens (tertiary/aromatic N) is 1. The molecule has 0 saturated carbocycles. The Kier molecular flexibility index (Phi) is 3.63. The average molecular weight is 273 g/mol. The van der Waals surface area contributed by atoms with Gasteiger partial charge in [-0.2, -0.15) is 0 Å². The van der Waals surface area contributed by atoms with E-state index in [0.717, 1.165) is 5.69 Å². The second-order valence-electron chi connectivity index (χ2n) is 6.47. The normalized spacial score (nSPS) is 12.3. The van der Waals surface area contributed by atoms with E-state index in [2.05, 4.69) is 49.6 Å². The lowest BCUT2D eigenvalue weighted by Crippen LogP contribution is -2.27. The van der Waals surface area contributed by atoms with Gasteiger partial charge in [0.1, 0.15) is 0 Å². The minimum atomic E-state index is -0.755. The van der Waals surface area contributed by atoms with Crippen LogP contribution in [0.5, 0.6) is 0 Å². The van der Waals surface area contributed by atoms with E-state index in [1.165, 1.54) is 16.5 Å². The number of carboxylic acid groups (broad SMARTS) is 1. The number of hydrogen-bond donors (Lipinski definition) is 1. The Balaban J connectivity index is 2.61. The fourth-order valence-corrected chi connectivity index (χ4v) is 2.73. The largest absolute Gasteiger partial charge is 0.481 e. The molecule has 1 aromatic heterocycles. The SMILES string of the molecule is Cc1cccc2c1cc(CC(C)(C)C(=O)O)n2C(C)C. The second-order valence-corrected chi connectivity index (χ2v) is 6.47. The number of rotatable bonds is 4. The van der Waals surface area contributed by atoms with Gasteiger partial charge < -0.3 is 9.67 Å². The summed E-state index contributed by atoms with van der Waals surface area (Å²) in [5.74, 6) is -0.755. The predicted molar refractivity (Wildman–Crippen MR) is 82.2 cm³/mol. The molecule has 3 heteroatoms. The molecule has 0 aliphatic rings. The lowest BCUT2D eigenvalue weighted by Gasteiger charge is -2.22. The lowest BCUT2D eigenvalue weighted by atomic mass is 9.88. The number of carbonyl (C=O) groups is 1. The first kappa shape index (κ1) is 14.6. The smallest absolute Gasteiger partial charge is 0.309 e. The fourth-order valence-electron chi connectivity index (χ4n) is 2.73. The minimum Gasteiger partial charge on any atom is -0.481 e. The Morgan fingerprint density at radius 2 is 2.00 bits per heavy atom. The molecule has 0 saturated heterocycles. The van der Waals surface area contributed by atoms with Crippen LogP contribution in [0.15, 0.2) is 24.3 Å². The number of fused-ring (bicyclic) bond motifs is 1. The first-order chi connectivity index (χ1) is 9.24. The summed E-state index contributed by atoms with van der Waals surface area (Å²) in [6.07, 6.45) is 0.536. The molecule has 108 valence electrons. The third-order valence-electron chi connectivity index (χ3n) is 3.90. The Morgan fingerprint density at radius 3 is 2.55 bits per heavy atom. The maximum Gasteiger partial charge on any atom is 0.309 e. The zero-order valence-corrected chi connectivity index (χ0v) is 12.9. The van der Waals surface area contributed by atoms with Gasteiger partial charge in [0.05, 0.1) is 5.41 Å². The molecule has 2 rings (SSSR count). The Bertz CT molecular complexity index is 650. The average Bonchev–Trinajstić information content (AvgIpc) is 2.67. The summed E-state index contributed by atoms with van der Waals surface area (Å²) in [7, 11) is 0. The van der Waals surface area contributed by atoms with Gasteiger partial charge in [-0.3, -0.25) is 4.79 Å². The molecule has 0 spiro atoms. The van der Waals surface area contributed by atoms with E-state index in [0.29, 0.717) is 12.5 Å². The molecule has 1 aromatic carbocycles. The van der Waals surface area contributed by atoms with Crippen LogP contribution < -0.4 is 0 Å². The van der Waals surface area contributed by atoms with Crippen LogP contribution >= 0.6 is 0 Å². The number of aliphatic carboxylic acids is 1. The molecule has 0 aliphatic carbocycles. The monoisotopic (exact) mass is 273 g/mol. The third kappa shape index (κ3) is 2.45. The number of aromatic nitrogens is 1. The highest BCUT2D eigenvalue weighted by molar-refractivity contribution is 5.85. The van der Waals surface area contributed by atoms with Crippen LogP contribution in [0.3, 0.4) is 0 Å². The maximum absolute atomic E-state index is 11.4. The van der Waals surface area contributed by atoms with Gasteiger partial charge in [0.15, 0.2) is 0 Å². The van der Waals surface area contributed by atoms with Crippen LogP contribution in [0.1, 0.15) is 45.0 Å². The van der Waals surface area contributed by atoms with Gasteiger partial charge in [-0.15, -0.1) is 0 Å². The van der Waals surface area contributed by atoms with Crippen molar-refractivity contribution in [3.63, 3.8) is 0 Å². The Hall–Kier alpha value is -1.77. The lowest BCUT2D eigenvalue weighted by molar-refractivity contribution is -0.146. The predicted octanol–water partition coefficient (Wildman–Crippen LogP) is 4.18. The number of carboxylic acids is 1. The molecule has 20 heavy (non-hydrogen) atoms. The van der Waals surface area contributed by atoms with Gasteiger partial charge in [0, 0.05) is 29.1 Å². The number of benzene rings is 1. The first-order valence-electron chi connectivity index (χ1n) is 7.07. The summed E-state index contributed by atoms with van der Waals surface area (Å²) in [6.45, 7) is 9.94. The van der Waals surface area contributed by atoms with Gasteiger partial charge >= 0.3 is 5.97 Å². The molecular weight excluding hydrogens is 250 g/mol. The van der Waals surface area contributed by atoms with Crippen LogP contribution in [-0.2, 0) is 11.2 Å². The summed E-state index contributed by atoms with van der Waals surface area (Å²) in [5.41, 5.74) is 2.76. The number of hydrogen-bond acceptors (Lipinski definition) is 1. The summed E-state index contributed by atoms with van der Waals surface area (Å²) < 4.78 is 2.26. The zero-order chi connectivity index (χ0) is 15.1. The van der Waals surface area contributed by atoms with Gasteiger partial charge in [-0.25, -0.2) is 0 Å². The molecule has 0 atom stereocenters. The van der Waals surface area contributed by atoms with Gasteiger partial charge in [0.2, 0.25) is 0 Å². The molecule has 3 nitrogen and oxygen atoms in total. The molecule has 1 heterocycles. The second kappa shape index (κ2) is 4.97. The van der Waals surface area contributed by atoms with Crippen molar-refractivity contribution in [1.29, 1.82) is 0 Å². The van der Waals surface area contributed by atoms with E-state index in [1.54, 1.807) is 13.8 Å². The van der Waals surface area contributed by atoms with Crippen molar-refractivity contribution in [2.75, 3.05) is 0 Å². The summed E-state index contributed by atoms with van der Waals surface area (Å²) >= 11 is 0. The van der Waals surface area contributed by atoms with Crippen molar-refractivity contribution in [2.45, 2.75) is 47.1 Å². The number of aryl methyl sites for hydroxylation is 1. The fraction of sp³-hybridized carbons (Fsp3) is 0.471. The zero-order valence-electron chi connectivity index (χ0n) is 12.9. The molecule has 0 aliphatic heterocycles. The Labute approximate surface area is 120 Å². The standard InChI is InChI=1S/C17H23NO2/c1-11(2)18-13(10-17(4,5)16(19)20)9-14-12(3)7-6-8-15(14)18/h6-9,11H,10H2,1-5H3,(H,19,20). The van der Waals surface area contributed by atoms with Gasteiger partial charge in [-0.1, -0.05) is 12.1 Å². The first-order valence-corrected chi connectivity index (χ1v) is 7.07. The highest BCUT2D eigenvalue weighted by Gasteiger charge is 2.29. The Morgan fingerprint density at radius 1 is 1.35 bits per heavy atom. The van der Waals surface area contributed by atoms with Crippen LogP contribution in [0, 0.1) is 12.3 Å². The van der Waals surface area contributed by atoms with Crippen LogP contribution in [0.25, 0.3) is 10.9 Å². The van der Waals surface area contributed by atoms with E-state index in [9.17, 15) is 9.90 Å². The van der Waals surface area contributed by atoms with E-state index < -0.39 is 11.4 Å². The quantitative estimate of drug-likeness (QED) is 0.907. The van der Waals surface area contributed by atoms with E-state index in [-0.39, 0.29) is 0 Å². The molecule has 0 unspecified atom stereocenters.